The van der Waals surface area contributed by atoms with E-state index in [1.54, 1.807) is 12.1 Å². The molecular formula is C19H28FN5O. The molecule has 0 saturated heterocycles. The number of aromatic nitrogens is 1. The molecule has 0 atom stereocenters. The van der Waals surface area contributed by atoms with E-state index >= 15 is 0 Å². The highest BCUT2D eigenvalue weighted by Crippen LogP contribution is 2.19. The molecule has 0 radical (unpaired) electrons. The summed E-state index contributed by atoms with van der Waals surface area (Å²) in [6, 6.07) is 4.75. The van der Waals surface area contributed by atoms with Gasteiger partial charge in [0.25, 0.3) is 0 Å². The summed E-state index contributed by atoms with van der Waals surface area (Å²) in [4.78, 5) is 19.2. The number of nitrogens with zero attached hydrogens (tertiary/aromatic N) is 1. The lowest BCUT2D eigenvalue weighted by Gasteiger charge is -2.11. The normalized spacial score (nSPS) is 11.6. The van der Waals surface area contributed by atoms with E-state index < -0.39 is 0 Å². The van der Waals surface area contributed by atoms with Gasteiger partial charge in [-0.3, -0.25) is 9.79 Å². The zero-order valence-corrected chi connectivity index (χ0v) is 15.5. The van der Waals surface area contributed by atoms with E-state index in [0.29, 0.717) is 32.0 Å². The van der Waals surface area contributed by atoms with Crippen LogP contribution in [0.15, 0.2) is 29.4 Å². The van der Waals surface area contributed by atoms with Crippen molar-refractivity contribution in [3.63, 3.8) is 0 Å². The molecule has 7 heteroatoms. The lowest BCUT2D eigenvalue weighted by molar-refractivity contribution is -0.120. The molecule has 2 rings (SSSR count). The number of carbonyl (C=O) groups excluding carboxylic acids is 1. The van der Waals surface area contributed by atoms with Gasteiger partial charge in [-0.25, -0.2) is 4.39 Å². The van der Waals surface area contributed by atoms with E-state index in [4.69, 9.17) is 0 Å². The van der Waals surface area contributed by atoms with Crippen molar-refractivity contribution < 1.29 is 9.18 Å². The predicted octanol–water partition coefficient (Wildman–Crippen LogP) is 2.32. The second-order valence-corrected chi connectivity index (χ2v) is 6.04. The van der Waals surface area contributed by atoms with Gasteiger partial charge in [0.15, 0.2) is 5.96 Å². The van der Waals surface area contributed by atoms with Crippen molar-refractivity contribution in [3.05, 3.63) is 35.8 Å². The summed E-state index contributed by atoms with van der Waals surface area (Å²) in [5.74, 6) is 0.469. The van der Waals surface area contributed by atoms with Gasteiger partial charge < -0.3 is 20.9 Å². The third-order valence-electron chi connectivity index (χ3n) is 3.94. The molecule has 0 saturated carbocycles. The zero-order valence-electron chi connectivity index (χ0n) is 15.5. The summed E-state index contributed by atoms with van der Waals surface area (Å²) >= 11 is 0. The van der Waals surface area contributed by atoms with Crippen LogP contribution in [0.3, 0.4) is 0 Å². The third kappa shape index (κ3) is 6.06. The van der Waals surface area contributed by atoms with Crippen LogP contribution in [0, 0.1) is 5.82 Å². The fourth-order valence-corrected chi connectivity index (χ4v) is 2.64. The maximum atomic E-state index is 13.4. The van der Waals surface area contributed by atoms with Gasteiger partial charge in [0.05, 0.1) is 6.54 Å². The van der Waals surface area contributed by atoms with Crippen LogP contribution >= 0.6 is 0 Å². The Bertz CT molecular complexity index is 741. The summed E-state index contributed by atoms with van der Waals surface area (Å²) in [5, 5.41) is 10.2. The summed E-state index contributed by atoms with van der Waals surface area (Å²) in [6.45, 7) is 6.56. The van der Waals surface area contributed by atoms with Gasteiger partial charge in [0.2, 0.25) is 5.91 Å². The molecule has 1 amide bonds. The number of nitrogens with one attached hydrogen (secondary N) is 4. The SMILES string of the molecule is CCCNC(=O)CCN=C(NCC)NCCc1c[nH]c2ccc(F)cc12. The zero-order chi connectivity index (χ0) is 18.8. The van der Waals surface area contributed by atoms with Crippen molar-refractivity contribution in [2.45, 2.75) is 33.1 Å². The van der Waals surface area contributed by atoms with E-state index in [0.717, 1.165) is 35.9 Å². The number of hydrogen-bond acceptors (Lipinski definition) is 2. The van der Waals surface area contributed by atoms with E-state index in [-0.39, 0.29) is 11.7 Å². The van der Waals surface area contributed by atoms with Gasteiger partial charge in [0.1, 0.15) is 5.82 Å². The van der Waals surface area contributed by atoms with Crippen molar-refractivity contribution in [3.8, 4) is 0 Å². The van der Waals surface area contributed by atoms with E-state index in [1.807, 2.05) is 20.0 Å². The number of hydrogen-bond donors (Lipinski definition) is 4. The second-order valence-electron chi connectivity index (χ2n) is 6.04. The van der Waals surface area contributed by atoms with Crippen LogP contribution in [0.5, 0.6) is 0 Å². The first kappa shape index (κ1) is 19.8. The number of halogens is 1. The summed E-state index contributed by atoms with van der Waals surface area (Å²) < 4.78 is 13.4. The molecule has 4 N–H and O–H groups in total. The third-order valence-corrected chi connectivity index (χ3v) is 3.94. The van der Waals surface area contributed by atoms with Crippen molar-refractivity contribution >= 4 is 22.8 Å². The Labute approximate surface area is 153 Å². The van der Waals surface area contributed by atoms with Crippen LogP contribution in [-0.4, -0.2) is 43.0 Å². The molecule has 26 heavy (non-hydrogen) atoms. The molecule has 2 aromatic rings. The van der Waals surface area contributed by atoms with Crippen LogP contribution in [-0.2, 0) is 11.2 Å². The molecule has 0 aliphatic heterocycles. The van der Waals surface area contributed by atoms with Crippen molar-refractivity contribution in [2.24, 2.45) is 4.99 Å². The minimum Gasteiger partial charge on any atom is -0.361 e. The van der Waals surface area contributed by atoms with Gasteiger partial charge in [-0.1, -0.05) is 6.92 Å². The topological polar surface area (TPSA) is 81.3 Å². The molecule has 0 spiro atoms. The van der Waals surface area contributed by atoms with Crippen molar-refractivity contribution in [2.75, 3.05) is 26.2 Å². The Morgan fingerprint density at radius 1 is 1.19 bits per heavy atom. The summed E-state index contributed by atoms with van der Waals surface area (Å²) in [5.41, 5.74) is 1.99. The largest absolute Gasteiger partial charge is 0.361 e. The van der Waals surface area contributed by atoms with Crippen molar-refractivity contribution in [1.82, 2.24) is 20.9 Å². The highest BCUT2D eigenvalue weighted by atomic mass is 19.1. The Balaban J connectivity index is 1.84. The van der Waals surface area contributed by atoms with Crippen LogP contribution in [0.1, 0.15) is 32.3 Å². The number of guanidine groups is 1. The highest BCUT2D eigenvalue weighted by molar-refractivity contribution is 5.83. The van der Waals surface area contributed by atoms with Gasteiger partial charge in [0, 0.05) is 43.2 Å². The van der Waals surface area contributed by atoms with E-state index in [9.17, 15) is 9.18 Å². The fourth-order valence-electron chi connectivity index (χ4n) is 2.64. The number of fused-ring (bicyclic) bond motifs is 1. The number of H-pyrrole nitrogens is 1. The number of aromatic amines is 1. The minimum atomic E-state index is -0.234. The molecule has 0 aliphatic carbocycles. The lowest BCUT2D eigenvalue weighted by Crippen LogP contribution is -2.38. The van der Waals surface area contributed by atoms with Gasteiger partial charge >= 0.3 is 0 Å². The van der Waals surface area contributed by atoms with Crippen molar-refractivity contribution in [1.29, 1.82) is 0 Å². The first-order chi connectivity index (χ1) is 12.6. The number of carbonyl (C=O) groups is 1. The average Bonchev–Trinajstić information content (AvgIpc) is 3.02. The average molecular weight is 361 g/mol. The molecule has 0 bridgehead atoms. The Hall–Kier alpha value is -2.57. The minimum absolute atomic E-state index is 0.0206. The number of amides is 1. The number of rotatable bonds is 9. The van der Waals surface area contributed by atoms with Crippen LogP contribution in [0.4, 0.5) is 4.39 Å². The van der Waals surface area contributed by atoms with Crippen LogP contribution < -0.4 is 16.0 Å². The first-order valence-corrected chi connectivity index (χ1v) is 9.18. The smallest absolute Gasteiger partial charge is 0.221 e. The van der Waals surface area contributed by atoms with Gasteiger partial charge in [-0.15, -0.1) is 0 Å². The number of benzene rings is 1. The molecule has 6 nitrogen and oxygen atoms in total. The standard InChI is InChI=1S/C19H28FN5O/c1-3-9-22-18(26)8-11-24-19(21-4-2)23-10-7-14-13-25-17-6-5-15(20)12-16(14)17/h5-6,12-13,25H,3-4,7-11H2,1-2H3,(H,22,26)(H2,21,23,24). The summed E-state index contributed by atoms with van der Waals surface area (Å²) in [6.07, 6.45) is 3.95. The van der Waals surface area contributed by atoms with Gasteiger partial charge in [-0.2, -0.15) is 0 Å². The maximum absolute atomic E-state index is 13.4. The second kappa shape index (κ2) is 10.4. The predicted molar refractivity (Wildman–Crippen MR) is 104 cm³/mol. The summed E-state index contributed by atoms with van der Waals surface area (Å²) in [7, 11) is 0. The monoisotopic (exact) mass is 361 g/mol. The molecule has 1 heterocycles. The lowest BCUT2D eigenvalue weighted by atomic mass is 10.1. The van der Waals surface area contributed by atoms with Crippen LogP contribution in [0.2, 0.25) is 0 Å². The van der Waals surface area contributed by atoms with Crippen LogP contribution in [0.25, 0.3) is 10.9 Å². The van der Waals surface area contributed by atoms with E-state index in [1.165, 1.54) is 6.07 Å². The van der Waals surface area contributed by atoms with Gasteiger partial charge in [-0.05, 0) is 43.5 Å². The molecule has 142 valence electrons. The molecule has 1 aromatic heterocycles. The highest BCUT2D eigenvalue weighted by Gasteiger charge is 2.06. The molecule has 0 unspecified atom stereocenters. The molecular weight excluding hydrogens is 333 g/mol. The van der Waals surface area contributed by atoms with E-state index in [2.05, 4.69) is 25.9 Å². The Morgan fingerprint density at radius 2 is 2.04 bits per heavy atom. The maximum Gasteiger partial charge on any atom is 0.221 e. The Kier molecular flexibility index (Phi) is 7.92. The fraction of sp³-hybridized carbons (Fsp3) is 0.474. The first-order valence-electron chi connectivity index (χ1n) is 9.18. The molecule has 0 aliphatic rings. The molecule has 0 fully saturated rings. The number of aliphatic imine (C=N–C) groups is 1. The molecule has 1 aromatic carbocycles. The quantitative estimate of drug-likeness (QED) is 0.409. The Morgan fingerprint density at radius 3 is 2.81 bits per heavy atom.